The molecule has 31 heavy (non-hydrogen) atoms. The minimum atomic E-state index is -0.167. The van der Waals surface area contributed by atoms with Gasteiger partial charge in [-0.3, -0.25) is 14.7 Å². The molecule has 0 saturated heterocycles. The lowest BCUT2D eigenvalue weighted by Gasteiger charge is -2.18. The molecule has 6 heteroatoms. The van der Waals surface area contributed by atoms with Crippen molar-refractivity contribution in [3.63, 3.8) is 0 Å². The van der Waals surface area contributed by atoms with E-state index < -0.39 is 0 Å². The van der Waals surface area contributed by atoms with Crippen LogP contribution in [-0.2, 0) is 13.2 Å². The summed E-state index contributed by atoms with van der Waals surface area (Å²) in [6.07, 6.45) is 3.44. The fourth-order valence-electron chi connectivity index (χ4n) is 3.18. The molecule has 3 rings (SSSR count). The molecular weight excluding hydrogens is 390 g/mol. The van der Waals surface area contributed by atoms with Crippen LogP contribution in [0.5, 0.6) is 11.5 Å². The van der Waals surface area contributed by atoms with Crippen LogP contribution in [0, 0.1) is 0 Å². The van der Waals surface area contributed by atoms with E-state index in [1.165, 1.54) is 5.56 Å². The molecule has 0 radical (unpaired) electrons. The summed E-state index contributed by atoms with van der Waals surface area (Å²) in [5.41, 5.74) is 3.44. The van der Waals surface area contributed by atoms with Crippen molar-refractivity contribution in [1.29, 1.82) is 0 Å². The van der Waals surface area contributed by atoms with E-state index in [1.807, 2.05) is 36.4 Å². The molecule has 2 aromatic carbocycles. The van der Waals surface area contributed by atoms with Crippen LogP contribution in [0.1, 0.15) is 35.3 Å². The summed E-state index contributed by atoms with van der Waals surface area (Å²) in [5, 5.41) is 2.94. The third-order valence-corrected chi connectivity index (χ3v) is 5.08. The Morgan fingerprint density at radius 3 is 2.29 bits per heavy atom. The van der Waals surface area contributed by atoms with Crippen molar-refractivity contribution >= 4 is 11.6 Å². The second-order valence-electron chi connectivity index (χ2n) is 7.12. The predicted octanol–water partition coefficient (Wildman–Crippen LogP) is 4.76. The lowest BCUT2D eigenvalue weighted by atomic mass is 10.1. The number of methoxy groups -OCH3 is 1. The molecule has 0 atom stereocenters. The third kappa shape index (κ3) is 6.30. The van der Waals surface area contributed by atoms with Crippen molar-refractivity contribution in [2.45, 2.75) is 27.0 Å². The van der Waals surface area contributed by atoms with Gasteiger partial charge in [0.15, 0.2) is 11.5 Å². The molecule has 0 spiro atoms. The van der Waals surface area contributed by atoms with Gasteiger partial charge in [-0.1, -0.05) is 26.0 Å². The highest BCUT2D eigenvalue weighted by atomic mass is 16.5. The van der Waals surface area contributed by atoms with Crippen LogP contribution >= 0.6 is 0 Å². The number of carbonyl (C=O) groups excluding carboxylic acids is 1. The number of nitrogens with one attached hydrogen (secondary N) is 1. The molecule has 1 heterocycles. The van der Waals surface area contributed by atoms with Crippen molar-refractivity contribution in [3.05, 3.63) is 83.7 Å². The zero-order valence-electron chi connectivity index (χ0n) is 18.3. The van der Waals surface area contributed by atoms with Crippen LogP contribution < -0.4 is 14.8 Å². The van der Waals surface area contributed by atoms with Gasteiger partial charge in [-0.25, -0.2) is 0 Å². The summed E-state index contributed by atoms with van der Waals surface area (Å²) in [6, 6.07) is 16.9. The number of pyridine rings is 1. The molecule has 0 unspecified atom stereocenters. The smallest absolute Gasteiger partial charge is 0.255 e. The molecular formula is C25H29N3O3. The van der Waals surface area contributed by atoms with E-state index in [-0.39, 0.29) is 5.91 Å². The highest BCUT2D eigenvalue weighted by Gasteiger charge is 2.11. The standard InChI is InChI=1S/C25H29N3O3/c1-4-28(5-2)17-19-6-8-21(9-7-19)25(29)27-22-10-11-23(30-3)24(16-22)31-18-20-12-14-26-15-13-20/h6-16H,4-5,17-18H2,1-3H3,(H,27,29). The molecule has 0 fully saturated rings. The summed E-state index contributed by atoms with van der Waals surface area (Å²) in [5.74, 6) is 0.999. The number of benzene rings is 2. The SMILES string of the molecule is CCN(CC)Cc1ccc(C(=O)Nc2ccc(OC)c(OCc3ccncc3)c2)cc1. The van der Waals surface area contributed by atoms with E-state index in [2.05, 4.69) is 29.0 Å². The van der Waals surface area contributed by atoms with Crippen LogP contribution in [0.4, 0.5) is 5.69 Å². The van der Waals surface area contributed by atoms with Crippen LogP contribution in [0.2, 0.25) is 0 Å². The Bertz CT molecular complexity index is 971. The Balaban J connectivity index is 1.66. The van der Waals surface area contributed by atoms with Gasteiger partial charge in [0.1, 0.15) is 6.61 Å². The number of ether oxygens (including phenoxy) is 2. The van der Waals surface area contributed by atoms with Gasteiger partial charge in [-0.2, -0.15) is 0 Å². The largest absolute Gasteiger partial charge is 0.493 e. The third-order valence-electron chi connectivity index (χ3n) is 5.08. The first kappa shape index (κ1) is 22.3. The van der Waals surface area contributed by atoms with E-state index in [9.17, 15) is 4.79 Å². The number of hydrogen-bond donors (Lipinski definition) is 1. The van der Waals surface area contributed by atoms with E-state index in [1.54, 1.807) is 37.7 Å². The monoisotopic (exact) mass is 419 g/mol. The number of amides is 1. The van der Waals surface area contributed by atoms with Crippen molar-refractivity contribution in [2.24, 2.45) is 0 Å². The summed E-state index contributed by atoms with van der Waals surface area (Å²) in [6.45, 7) is 7.56. The highest BCUT2D eigenvalue weighted by molar-refractivity contribution is 6.04. The predicted molar refractivity (Wildman–Crippen MR) is 123 cm³/mol. The van der Waals surface area contributed by atoms with Gasteiger partial charge >= 0.3 is 0 Å². The zero-order valence-corrected chi connectivity index (χ0v) is 18.3. The number of nitrogens with zero attached hydrogens (tertiary/aromatic N) is 2. The number of rotatable bonds is 10. The van der Waals surface area contributed by atoms with Crippen LogP contribution in [-0.4, -0.2) is 36.0 Å². The first-order chi connectivity index (χ1) is 15.1. The normalized spacial score (nSPS) is 10.7. The Morgan fingerprint density at radius 1 is 0.935 bits per heavy atom. The topological polar surface area (TPSA) is 63.7 Å². The fourth-order valence-corrected chi connectivity index (χ4v) is 3.18. The molecule has 0 saturated carbocycles. The lowest BCUT2D eigenvalue weighted by molar-refractivity contribution is 0.102. The number of aromatic nitrogens is 1. The van der Waals surface area contributed by atoms with Crippen molar-refractivity contribution in [3.8, 4) is 11.5 Å². The van der Waals surface area contributed by atoms with Crippen LogP contribution in [0.25, 0.3) is 0 Å². The van der Waals surface area contributed by atoms with Crippen molar-refractivity contribution < 1.29 is 14.3 Å². The average Bonchev–Trinajstić information content (AvgIpc) is 2.82. The maximum Gasteiger partial charge on any atom is 0.255 e. The Labute approximate surface area is 183 Å². The van der Waals surface area contributed by atoms with Gasteiger partial charge < -0.3 is 14.8 Å². The van der Waals surface area contributed by atoms with E-state index in [4.69, 9.17) is 9.47 Å². The van der Waals surface area contributed by atoms with E-state index >= 15 is 0 Å². The lowest BCUT2D eigenvalue weighted by Crippen LogP contribution is -2.22. The first-order valence-electron chi connectivity index (χ1n) is 10.4. The molecule has 1 N–H and O–H groups in total. The molecule has 1 aromatic heterocycles. The highest BCUT2D eigenvalue weighted by Crippen LogP contribution is 2.31. The Morgan fingerprint density at radius 2 is 1.65 bits per heavy atom. The summed E-state index contributed by atoms with van der Waals surface area (Å²) >= 11 is 0. The summed E-state index contributed by atoms with van der Waals surface area (Å²) < 4.78 is 11.3. The molecule has 0 aliphatic heterocycles. The minimum Gasteiger partial charge on any atom is -0.493 e. The van der Waals surface area contributed by atoms with Gasteiger partial charge in [0, 0.05) is 36.3 Å². The summed E-state index contributed by atoms with van der Waals surface area (Å²) in [7, 11) is 1.59. The second kappa shape index (κ2) is 11.1. The summed E-state index contributed by atoms with van der Waals surface area (Å²) in [4.78, 5) is 19.0. The van der Waals surface area contributed by atoms with Gasteiger partial charge in [0.2, 0.25) is 0 Å². The maximum absolute atomic E-state index is 12.7. The molecule has 0 bridgehead atoms. The molecule has 3 aromatic rings. The van der Waals surface area contributed by atoms with E-state index in [0.717, 1.165) is 25.2 Å². The molecule has 0 aliphatic carbocycles. The van der Waals surface area contributed by atoms with Crippen molar-refractivity contribution in [1.82, 2.24) is 9.88 Å². The van der Waals surface area contributed by atoms with Gasteiger partial charge in [-0.05, 0) is 60.6 Å². The molecule has 6 nitrogen and oxygen atoms in total. The van der Waals surface area contributed by atoms with Gasteiger partial charge in [-0.15, -0.1) is 0 Å². The first-order valence-corrected chi connectivity index (χ1v) is 10.4. The molecule has 1 amide bonds. The minimum absolute atomic E-state index is 0.167. The van der Waals surface area contributed by atoms with Gasteiger partial charge in [0.05, 0.1) is 7.11 Å². The maximum atomic E-state index is 12.7. The zero-order chi connectivity index (χ0) is 22.1. The van der Waals surface area contributed by atoms with Crippen LogP contribution in [0.3, 0.4) is 0 Å². The quantitative estimate of drug-likeness (QED) is 0.513. The number of carbonyl (C=O) groups is 1. The Kier molecular flexibility index (Phi) is 8.01. The molecule has 162 valence electrons. The second-order valence-corrected chi connectivity index (χ2v) is 7.12. The number of anilines is 1. The fraction of sp³-hybridized carbons (Fsp3) is 0.280. The van der Waals surface area contributed by atoms with Gasteiger partial charge in [0.25, 0.3) is 5.91 Å². The Hall–Kier alpha value is -3.38. The number of hydrogen-bond acceptors (Lipinski definition) is 5. The molecule has 0 aliphatic rings. The average molecular weight is 420 g/mol. The van der Waals surface area contributed by atoms with Crippen molar-refractivity contribution in [2.75, 3.05) is 25.5 Å². The van der Waals surface area contributed by atoms with Crippen LogP contribution in [0.15, 0.2) is 67.0 Å². The van der Waals surface area contributed by atoms with E-state index in [0.29, 0.717) is 29.4 Å².